The van der Waals surface area contributed by atoms with Crippen molar-refractivity contribution in [2.45, 2.75) is 25.6 Å². The summed E-state index contributed by atoms with van der Waals surface area (Å²) in [6.45, 7) is 3.03. The van der Waals surface area contributed by atoms with Gasteiger partial charge in [0.05, 0.1) is 11.1 Å². The molecule has 0 saturated carbocycles. The van der Waals surface area contributed by atoms with Crippen LogP contribution in [-0.2, 0) is 12.7 Å². The summed E-state index contributed by atoms with van der Waals surface area (Å²) >= 11 is 0. The summed E-state index contributed by atoms with van der Waals surface area (Å²) < 4.78 is 39.3. The maximum Gasteiger partial charge on any atom is 0.416 e. The number of alkyl halides is 3. The van der Waals surface area contributed by atoms with Gasteiger partial charge in [0.2, 0.25) is 0 Å². The van der Waals surface area contributed by atoms with E-state index in [1.54, 1.807) is 18.2 Å². The molecule has 4 aromatic rings. The number of carbonyl (C=O) groups is 1. The Morgan fingerprint density at radius 3 is 2.38 bits per heavy atom. The van der Waals surface area contributed by atoms with Gasteiger partial charge < -0.3 is 16.0 Å². The molecule has 5 rings (SSSR count). The first-order valence-corrected chi connectivity index (χ1v) is 11.9. The van der Waals surface area contributed by atoms with Gasteiger partial charge in [0, 0.05) is 29.0 Å². The van der Waals surface area contributed by atoms with Crippen LogP contribution in [0.5, 0.6) is 0 Å². The molecular weight excluding hydrogens is 481 g/mol. The maximum atomic E-state index is 13.1. The Morgan fingerprint density at radius 2 is 1.59 bits per heavy atom. The second-order valence-corrected chi connectivity index (χ2v) is 8.92. The zero-order valence-corrected chi connectivity index (χ0v) is 19.8. The molecule has 2 heterocycles. The van der Waals surface area contributed by atoms with Gasteiger partial charge in [0.15, 0.2) is 0 Å². The molecule has 1 aliphatic rings. The van der Waals surface area contributed by atoms with Crippen molar-refractivity contribution in [1.82, 2.24) is 14.9 Å². The van der Waals surface area contributed by atoms with E-state index in [0.717, 1.165) is 37.3 Å². The Kier molecular flexibility index (Phi) is 6.91. The molecule has 3 N–H and O–H groups in total. The van der Waals surface area contributed by atoms with Gasteiger partial charge in [0.1, 0.15) is 12.1 Å². The Bertz CT molecular complexity index is 1420. The fourth-order valence-electron chi connectivity index (χ4n) is 4.38. The van der Waals surface area contributed by atoms with Crippen molar-refractivity contribution in [3.05, 3.63) is 84.2 Å². The van der Waals surface area contributed by atoms with Crippen LogP contribution in [0.2, 0.25) is 0 Å². The van der Waals surface area contributed by atoms with Crippen LogP contribution in [0, 0.1) is 0 Å². The number of nitrogens with one attached hydrogen (secondary N) is 3. The third-order valence-corrected chi connectivity index (χ3v) is 6.14. The summed E-state index contributed by atoms with van der Waals surface area (Å²) in [6.07, 6.45) is -0.695. The first kappa shape index (κ1) is 24.5. The Hall–Kier alpha value is -4.18. The highest BCUT2D eigenvalue weighted by atomic mass is 19.4. The van der Waals surface area contributed by atoms with Crippen molar-refractivity contribution in [3.63, 3.8) is 0 Å². The lowest BCUT2D eigenvalue weighted by Gasteiger charge is -2.15. The SMILES string of the molecule is O=C(Nc1cccc(CN2CCCC2)c1)Nc1ccc2ncnc(Nc3cccc(C(F)(F)F)c3)c2c1. The number of nitrogens with zero attached hydrogens (tertiary/aromatic N) is 3. The minimum absolute atomic E-state index is 0.236. The topological polar surface area (TPSA) is 82.2 Å². The van der Waals surface area contributed by atoms with E-state index >= 15 is 0 Å². The summed E-state index contributed by atoms with van der Waals surface area (Å²) in [6, 6.07) is 17.3. The van der Waals surface area contributed by atoms with Crippen molar-refractivity contribution in [1.29, 1.82) is 0 Å². The number of rotatable bonds is 6. The van der Waals surface area contributed by atoms with E-state index in [2.05, 4.69) is 30.8 Å². The lowest BCUT2D eigenvalue weighted by molar-refractivity contribution is -0.137. The third-order valence-electron chi connectivity index (χ3n) is 6.14. The lowest BCUT2D eigenvalue weighted by Crippen LogP contribution is -2.20. The zero-order valence-electron chi connectivity index (χ0n) is 19.8. The molecular formula is C27H25F3N6O. The van der Waals surface area contributed by atoms with E-state index < -0.39 is 17.8 Å². The van der Waals surface area contributed by atoms with Gasteiger partial charge in [-0.3, -0.25) is 4.90 Å². The molecule has 1 aliphatic heterocycles. The molecule has 2 amide bonds. The number of aromatic nitrogens is 2. The minimum Gasteiger partial charge on any atom is -0.340 e. The van der Waals surface area contributed by atoms with Crippen LogP contribution in [0.1, 0.15) is 24.0 Å². The highest BCUT2D eigenvalue weighted by Crippen LogP contribution is 2.32. The summed E-state index contributed by atoms with van der Waals surface area (Å²) in [5.74, 6) is 0.322. The van der Waals surface area contributed by atoms with Gasteiger partial charge in [-0.1, -0.05) is 18.2 Å². The fraction of sp³-hybridized carbons (Fsp3) is 0.222. The number of halogens is 3. The van der Waals surface area contributed by atoms with Gasteiger partial charge in [-0.25, -0.2) is 14.8 Å². The maximum absolute atomic E-state index is 13.1. The minimum atomic E-state index is -4.45. The number of urea groups is 1. The number of anilines is 4. The molecule has 190 valence electrons. The lowest BCUT2D eigenvalue weighted by atomic mass is 10.1. The van der Waals surface area contributed by atoms with E-state index in [1.165, 1.54) is 31.3 Å². The first-order chi connectivity index (χ1) is 17.8. The summed E-state index contributed by atoms with van der Waals surface area (Å²) in [4.78, 5) is 23.5. The quantitative estimate of drug-likeness (QED) is 0.273. The number of carbonyl (C=O) groups excluding carboxylic acids is 1. The predicted octanol–water partition coefficient (Wildman–Crippen LogP) is 6.63. The molecule has 7 nitrogen and oxygen atoms in total. The second-order valence-electron chi connectivity index (χ2n) is 8.92. The molecule has 1 aromatic heterocycles. The molecule has 0 spiro atoms. The van der Waals surface area contributed by atoms with Crippen molar-refractivity contribution in [2.24, 2.45) is 0 Å². The summed E-state index contributed by atoms with van der Waals surface area (Å²) in [5.41, 5.74) is 2.35. The van der Waals surface area contributed by atoms with Gasteiger partial charge in [-0.05, 0) is 80.0 Å². The normalized spacial score (nSPS) is 14.0. The van der Waals surface area contributed by atoms with Crippen LogP contribution >= 0.6 is 0 Å². The molecule has 1 saturated heterocycles. The number of hydrogen-bond donors (Lipinski definition) is 3. The van der Waals surface area contributed by atoms with Crippen molar-refractivity contribution in [3.8, 4) is 0 Å². The molecule has 0 radical (unpaired) electrons. The Labute approximate surface area is 211 Å². The van der Waals surface area contributed by atoms with Crippen LogP contribution in [-0.4, -0.2) is 34.0 Å². The average molecular weight is 507 g/mol. The van der Waals surface area contributed by atoms with E-state index in [1.807, 2.05) is 24.3 Å². The van der Waals surface area contributed by atoms with Gasteiger partial charge in [-0.2, -0.15) is 13.2 Å². The number of likely N-dealkylation sites (tertiary alicyclic amines) is 1. The van der Waals surface area contributed by atoms with E-state index in [4.69, 9.17) is 0 Å². The number of amides is 2. The summed E-state index contributed by atoms with van der Waals surface area (Å²) in [7, 11) is 0. The van der Waals surface area contributed by atoms with Crippen molar-refractivity contribution in [2.75, 3.05) is 29.0 Å². The van der Waals surface area contributed by atoms with Crippen molar-refractivity contribution >= 4 is 39.8 Å². The highest BCUT2D eigenvalue weighted by molar-refractivity contribution is 6.02. The van der Waals surface area contributed by atoms with Crippen LogP contribution in [0.4, 0.5) is 40.8 Å². The predicted molar refractivity (Wildman–Crippen MR) is 138 cm³/mol. The van der Waals surface area contributed by atoms with Crippen LogP contribution in [0.15, 0.2) is 73.1 Å². The van der Waals surface area contributed by atoms with Crippen LogP contribution in [0.25, 0.3) is 10.9 Å². The molecule has 37 heavy (non-hydrogen) atoms. The Morgan fingerprint density at radius 1 is 0.865 bits per heavy atom. The first-order valence-electron chi connectivity index (χ1n) is 11.9. The number of hydrogen-bond acceptors (Lipinski definition) is 5. The van der Waals surface area contributed by atoms with Crippen molar-refractivity contribution < 1.29 is 18.0 Å². The van der Waals surface area contributed by atoms with Crippen LogP contribution < -0.4 is 16.0 Å². The molecule has 10 heteroatoms. The molecule has 0 unspecified atom stereocenters. The summed E-state index contributed by atoms with van der Waals surface area (Å²) in [5, 5.41) is 9.14. The molecule has 0 atom stereocenters. The van der Waals surface area contributed by atoms with Gasteiger partial charge >= 0.3 is 12.2 Å². The smallest absolute Gasteiger partial charge is 0.340 e. The second kappa shape index (κ2) is 10.4. The third kappa shape index (κ3) is 6.15. The Balaban J connectivity index is 1.30. The standard InChI is InChI=1S/C27H25F3N6O/c28-27(29,30)19-6-4-8-21(14-19)33-25-23-15-22(9-10-24(23)31-17-32-25)35-26(37)34-20-7-3-5-18(13-20)16-36-11-1-2-12-36/h3-10,13-15,17H,1-2,11-12,16H2,(H,31,32,33)(H2,34,35,37). The number of benzene rings is 3. The van der Waals surface area contributed by atoms with Gasteiger partial charge in [0.25, 0.3) is 0 Å². The molecule has 0 aliphatic carbocycles. The average Bonchev–Trinajstić information content (AvgIpc) is 3.37. The molecule has 3 aromatic carbocycles. The highest BCUT2D eigenvalue weighted by Gasteiger charge is 2.30. The van der Waals surface area contributed by atoms with E-state index in [9.17, 15) is 18.0 Å². The molecule has 0 bridgehead atoms. The largest absolute Gasteiger partial charge is 0.416 e. The molecule has 1 fully saturated rings. The van der Waals surface area contributed by atoms with E-state index in [-0.39, 0.29) is 5.69 Å². The monoisotopic (exact) mass is 506 g/mol. The van der Waals surface area contributed by atoms with Crippen LogP contribution in [0.3, 0.4) is 0 Å². The van der Waals surface area contributed by atoms with E-state index in [0.29, 0.717) is 28.1 Å². The fourth-order valence-corrected chi connectivity index (χ4v) is 4.38. The zero-order chi connectivity index (χ0) is 25.8. The number of fused-ring (bicyclic) bond motifs is 1. The van der Waals surface area contributed by atoms with Gasteiger partial charge in [-0.15, -0.1) is 0 Å².